The van der Waals surface area contributed by atoms with E-state index in [1.807, 2.05) is 0 Å². The Morgan fingerprint density at radius 3 is 2.31 bits per heavy atom. The van der Waals surface area contributed by atoms with Crippen LogP contribution in [0.2, 0.25) is 0 Å². The van der Waals surface area contributed by atoms with Crippen LogP contribution in [0.25, 0.3) is 11.3 Å². The van der Waals surface area contributed by atoms with Gasteiger partial charge in [0.2, 0.25) is 0 Å². The fourth-order valence-electron chi connectivity index (χ4n) is 1.53. The number of rotatable bonds is 1. The predicted octanol–water partition coefficient (Wildman–Crippen LogP) is 0.146. The van der Waals surface area contributed by atoms with Crippen LogP contribution in [0.5, 0.6) is 0 Å². The van der Waals surface area contributed by atoms with Gasteiger partial charge in [-0.3, -0.25) is 18.9 Å². The van der Waals surface area contributed by atoms with E-state index in [1.54, 1.807) is 31.6 Å². The van der Waals surface area contributed by atoms with E-state index in [0.717, 1.165) is 10.1 Å². The summed E-state index contributed by atoms with van der Waals surface area (Å²) in [6, 6.07) is 4.96. The van der Waals surface area contributed by atoms with Crippen LogP contribution in [0.1, 0.15) is 0 Å². The summed E-state index contributed by atoms with van der Waals surface area (Å²) in [7, 11) is 3.10. The van der Waals surface area contributed by atoms with Gasteiger partial charge in [0.05, 0.1) is 5.69 Å². The first-order valence-electron chi connectivity index (χ1n) is 4.78. The predicted molar refractivity (Wildman–Crippen MR) is 60.2 cm³/mol. The van der Waals surface area contributed by atoms with Gasteiger partial charge in [0.15, 0.2) is 0 Å². The van der Waals surface area contributed by atoms with Crippen LogP contribution in [0.4, 0.5) is 0 Å². The third-order valence-corrected chi connectivity index (χ3v) is 2.50. The molecule has 0 bridgehead atoms. The van der Waals surface area contributed by atoms with E-state index in [-0.39, 0.29) is 11.2 Å². The van der Waals surface area contributed by atoms with Crippen molar-refractivity contribution in [2.45, 2.75) is 0 Å². The lowest BCUT2D eigenvalue weighted by molar-refractivity contribution is 0.692. The van der Waals surface area contributed by atoms with Crippen LogP contribution < -0.4 is 11.2 Å². The normalized spacial score (nSPS) is 10.4. The number of hydrogen-bond donors (Lipinski definition) is 0. The highest BCUT2D eigenvalue weighted by atomic mass is 16.2. The summed E-state index contributed by atoms with van der Waals surface area (Å²) >= 11 is 0. The molecular formula is C11H11N3O2. The van der Waals surface area contributed by atoms with Crippen molar-refractivity contribution < 1.29 is 0 Å². The Kier molecular flexibility index (Phi) is 2.44. The second-order valence-corrected chi connectivity index (χ2v) is 3.50. The Balaban J connectivity index is 2.78. The van der Waals surface area contributed by atoms with Crippen LogP contribution in [-0.4, -0.2) is 14.1 Å². The van der Waals surface area contributed by atoms with Gasteiger partial charge in [-0.2, -0.15) is 0 Å². The smallest absolute Gasteiger partial charge is 0.296 e. The van der Waals surface area contributed by atoms with Crippen LogP contribution in [-0.2, 0) is 14.1 Å². The number of aromatic nitrogens is 3. The summed E-state index contributed by atoms with van der Waals surface area (Å²) in [5.41, 5.74) is 0.747. The fourth-order valence-corrected chi connectivity index (χ4v) is 1.53. The first kappa shape index (κ1) is 10.4. The zero-order valence-corrected chi connectivity index (χ0v) is 9.04. The van der Waals surface area contributed by atoms with Crippen molar-refractivity contribution >= 4 is 0 Å². The van der Waals surface area contributed by atoms with Gasteiger partial charge < -0.3 is 0 Å². The maximum atomic E-state index is 11.7. The molecule has 0 saturated carbocycles. The van der Waals surface area contributed by atoms with E-state index in [1.165, 1.54) is 17.7 Å². The molecule has 0 fully saturated rings. The summed E-state index contributed by atoms with van der Waals surface area (Å²) in [5.74, 6) is 0. The average molecular weight is 217 g/mol. The summed E-state index contributed by atoms with van der Waals surface area (Å²) in [6.45, 7) is 0. The van der Waals surface area contributed by atoms with Gasteiger partial charge in [-0.1, -0.05) is 0 Å². The highest BCUT2D eigenvalue weighted by molar-refractivity contribution is 5.57. The zero-order valence-electron chi connectivity index (χ0n) is 9.04. The van der Waals surface area contributed by atoms with E-state index in [2.05, 4.69) is 4.98 Å². The van der Waals surface area contributed by atoms with Crippen molar-refractivity contribution in [1.29, 1.82) is 0 Å². The topological polar surface area (TPSA) is 56.9 Å². The molecular weight excluding hydrogens is 206 g/mol. The lowest BCUT2D eigenvalue weighted by atomic mass is 10.2. The Labute approximate surface area is 91.6 Å². The van der Waals surface area contributed by atoms with E-state index < -0.39 is 0 Å². The summed E-state index contributed by atoms with van der Waals surface area (Å²) in [4.78, 5) is 27.1. The minimum atomic E-state index is -0.334. The fraction of sp³-hybridized carbons (Fsp3) is 0.182. The van der Waals surface area contributed by atoms with Gasteiger partial charge >= 0.3 is 5.69 Å². The zero-order chi connectivity index (χ0) is 11.7. The molecule has 2 rings (SSSR count). The third kappa shape index (κ3) is 1.56. The van der Waals surface area contributed by atoms with Crippen molar-refractivity contribution in [2.75, 3.05) is 0 Å². The molecule has 0 amide bonds. The van der Waals surface area contributed by atoms with E-state index in [0.29, 0.717) is 5.69 Å². The van der Waals surface area contributed by atoms with E-state index in [9.17, 15) is 9.59 Å². The second-order valence-electron chi connectivity index (χ2n) is 3.50. The molecule has 0 aliphatic rings. The van der Waals surface area contributed by atoms with Gasteiger partial charge in [-0.05, 0) is 12.1 Å². The molecule has 2 aromatic rings. The SMILES string of the molecule is Cn1c(-c2ccncc2)cc(=O)n(C)c1=O. The highest BCUT2D eigenvalue weighted by Gasteiger charge is 2.07. The minimum Gasteiger partial charge on any atom is -0.296 e. The molecule has 0 N–H and O–H groups in total. The maximum absolute atomic E-state index is 11.7. The average Bonchev–Trinajstić information content (AvgIpc) is 2.32. The van der Waals surface area contributed by atoms with Crippen molar-refractivity contribution in [1.82, 2.24) is 14.1 Å². The highest BCUT2D eigenvalue weighted by Crippen LogP contribution is 2.13. The summed E-state index contributed by atoms with van der Waals surface area (Å²) in [6.07, 6.45) is 3.24. The molecule has 16 heavy (non-hydrogen) atoms. The van der Waals surface area contributed by atoms with Crippen molar-refractivity contribution in [3.8, 4) is 11.3 Å². The van der Waals surface area contributed by atoms with Crippen LogP contribution in [0.3, 0.4) is 0 Å². The Morgan fingerprint density at radius 2 is 1.69 bits per heavy atom. The maximum Gasteiger partial charge on any atom is 0.330 e. The van der Waals surface area contributed by atoms with Gasteiger partial charge in [0.1, 0.15) is 0 Å². The molecule has 0 aromatic carbocycles. The number of hydrogen-bond acceptors (Lipinski definition) is 3. The van der Waals surface area contributed by atoms with Crippen molar-refractivity contribution in [2.24, 2.45) is 14.1 Å². The molecule has 0 spiro atoms. The molecule has 0 aliphatic carbocycles. The standard InChI is InChI=1S/C11H11N3O2/c1-13-9(8-3-5-12-6-4-8)7-10(15)14(2)11(13)16/h3-7H,1-2H3. The van der Waals surface area contributed by atoms with Crippen LogP contribution in [0.15, 0.2) is 40.2 Å². The third-order valence-electron chi connectivity index (χ3n) is 2.50. The summed E-state index contributed by atoms with van der Waals surface area (Å²) < 4.78 is 2.52. The molecule has 82 valence electrons. The van der Waals surface area contributed by atoms with Crippen LogP contribution in [0, 0.1) is 0 Å². The van der Waals surface area contributed by atoms with Gasteiger partial charge in [-0.15, -0.1) is 0 Å². The molecule has 0 saturated heterocycles. The number of pyridine rings is 1. The Bertz CT molecular complexity index is 626. The van der Waals surface area contributed by atoms with Gasteiger partial charge in [-0.25, -0.2) is 4.79 Å². The van der Waals surface area contributed by atoms with Crippen molar-refractivity contribution in [3.63, 3.8) is 0 Å². The van der Waals surface area contributed by atoms with Crippen LogP contribution >= 0.6 is 0 Å². The Morgan fingerprint density at radius 1 is 1.06 bits per heavy atom. The van der Waals surface area contributed by atoms with Gasteiger partial charge in [0.25, 0.3) is 5.56 Å². The molecule has 5 nitrogen and oxygen atoms in total. The quantitative estimate of drug-likeness (QED) is 0.683. The largest absolute Gasteiger partial charge is 0.330 e. The monoisotopic (exact) mass is 217 g/mol. The van der Waals surface area contributed by atoms with Gasteiger partial charge in [0, 0.05) is 38.1 Å². The number of nitrogens with zero attached hydrogens (tertiary/aromatic N) is 3. The van der Waals surface area contributed by atoms with E-state index >= 15 is 0 Å². The second kappa shape index (κ2) is 3.77. The first-order valence-corrected chi connectivity index (χ1v) is 4.78. The molecule has 0 radical (unpaired) electrons. The molecule has 2 heterocycles. The summed E-state index contributed by atoms with van der Waals surface area (Å²) in [5, 5.41) is 0. The lowest BCUT2D eigenvalue weighted by Gasteiger charge is -2.08. The van der Waals surface area contributed by atoms with E-state index in [4.69, 9.17) is 0 Å². The lowest BCUT2D eigenvalue weighted by Crippen LogP contribution is -2.36. The molecule has 0 unspecified atom stereocenters. The molecule has 2 aromatic heterocycles. The molecule has 5 heteroatoms. The Hall–Kier alpha value is -2.17. The molecule has 0 atom stereocenters. The van der Waals surface area contributed by atoms with Crippen molar-refractivity contribution in [3.05, 3.63) is 51.4 Å². The first-order chi connectivity index (χ1) is 7.61. The molecule has 0 aliphatic heterocycles. The minimum absolute atomic E-state index is 0.310.